The maximum atomic E-state index is 12.1. The first-order chi connectivity index (χ1) is 15.5. The van der Waals surface area contributed by atoms with Gasteiger partial charge in [-0.05, 0) is 22.3 Å². The fraction of sp³-hybridized carbons (Fsp3) is 0.292. The molecule has 0 saturated heterocycles. The smallest absolute Gasteiger partial charge is 0.407 e. The first-order valence-corrected chi connectivity index (χ1v) is 10.3. The number of nitrogens with zero attached hydrogens (tertiary/aromatic N) is 1. The Bertz CT molecular complexity index is 958. The van der Waals surface area contributed by atoms with Crippen LogP contribution < -0.4 is 5.32 Å². The maximum absolute atomic E-state index is 12.1. The predicted octanol–water partition coefficient (Wildman–Crippen LogP) is 2.64. The van der Waals surface area contributed by atoms with E-state index >= 15 is 0 Å². The van der Waals surface area contributed by atoms with Crippen LogP contribution in [0.5, 0.6) is 0 Å². The van der Waals surface area contributed by atoms with Gasteiger partial charge in [-0.15, -0.1) is 0 Å². The summed E-state index contributed by atoms with van der Waals surface area (Å²) in [6.45, 7) is 0.239. The number of carbonyl (C=O) groups excluding carboxylic acids is 2. The molecule has 0 unspecified atom stereocenters. The highest BCUT2D eigenvalue weighted by atomic mass is 16.5. The Labute approximate surface area is 186 Å². The minimum absolute atomic E-state index is 0.0318. The van der Waals surface area contributed by atoms with Gasteiger partial charge in [-0.25, -0.2) is 4.79 Å². The molecule has 2 N–H and O–H groups in total. The van der Waals surface area contributed by atoms with E-state index in [9.17, 15) is 14.4 Å². The molecule has 0 spiro atoms. The van der Waals surface area contributed by atoms with Crippen molar-refractivity contribution in [3.05, 3.63) is 71.8 Å². The Morgan fingerprint density at radius 1 is 1.06 bits per heavy atom. The highest BCUT2D eigenvalue weighted by Crippen LogP contribution is 2.44. The van der Waals surface area contributed by atoms with Crippen LogP contribution in [0.1, 0.15) is 17.0 Å². The van der Waals surface area contributed by atoms with Crippen LogP contribution in [-0.2, 0) is 19.1 Å². The zero-order valence-electron chi connectivity index (χ0n) is 17.8. The summed E-state index contributed by atoms with van der Waals surface area (Å²) < 4.78 is 10.3. The lowest BCUT2D eigenvalue weighted by molar-refractivity contribution is -0.143. The quantitative estimate of drug-likeness (QED) is 0.553. The largest absolute Gasteiger partial charge is 0.480 e. The van der Waals surface area contributed by atoms with Crippen molar-refractivity contribution < 1.29 is 29.0 Å². The summed E-state index contributed by atoms with van der Waals surface area (Å²) in [6.07, 6.45) is 2.08. The van der Waals surface area contributed by atoms with Crippen LogP contribution >= 0.6 is 0 Å². The zero-order valence-corrected chi connectivity index (χ0v) is 17.8. The Morgan fingerprint density at radius 2 is 1.69 bits per heavy atom. The molecule has 0 aromatic heterocycles. The Balaban J connectivity index is 1.49. The summed E-state index contributed by atoms with van der Waals surface area (Å²) in [6, 6.07) is 16.1. The van der Waals surface area contributed by atoms with Gasteiger partial charge in [-0.3, -0.25) is 9.59 Å². The summed E-state index contributed by atoms with van der Waals surface area (Å²) in [5, 5.41) is 11.5. The number of fused-ring (bicyclic) bond motifs is 3. The van der Waals surface area contributed by atoms with Gasteiger partial charge in [-0.2, -0.15) is 0 Å². The van der Waals surface area contributed by atoms with E-state index in [1.54, 1.807) is 0 Å². The molecule has 2 amide bonds. The van der Waals surface area contributed by atoms with Crippen molar-refractivity contribution in [3.8, 4) is 11.1 Å². The molecule has 2 aromatic rings. The number of ether oxygens (including phenoxy) is 2. The molecular formula is C24H26N2O6. The summed E-state index contributed by atoms with van der Waals surface area (Å²) in [5.74, 6) is -1.62. The van der Waals surface area contributed by atoms with E-state index in [4.69, 9.17) is 14.6 Å². The normalized spacial score (nSPS) is 12.3. The second kappa shape index (κ2) is 11.1. The number of carbonyl (C=O) groups is 3. The fourth-order valence-electron chi connectivity index (χ4n) is 3.69. The van der Waals surface area contributed by atoms with Crippen LogP contribution in [-0.4, -0.2) is 67.9 Å². The number of aliphatic carboxylic acids is 1. The molecule has 0 radical (unpaired) electrons. The van der Waals surface area contributed by atoms with E-state index in [1.165, 1.54) is 19.3 Å². The summed E-state index contributed by atoms with van der Waals surface area (Å²) in [4.78, 5) is 36.3. The molecule has 0 heterocycles. The molecule has 0 fully saturated rings. The van der Waals surface area contributed by atoms with E-state index in [0.717, 1.165) is 27.2 Å². The fourth-order valence-corrected chi connectivity index (χ4v) is 3.69. The first kappa shape index (κ1) is 23.0. The number of carboxylic acids is 1. The average molecular weight is 438 g/mol. The van der Waals surface area contributed by atoms with E-state index in [1.807, 2.05) is 36.4 Å². The zero-order chi connectivity index (χ0) is 22.9. The van der Waals surface area contributed by atoms with E-state index in [-0.39, 0.29) is 32.2 Å². The standard InChI is InChI=1S/C24H26N2O6/c1-31-14-13-26(15-23(28)29)22(27)11-6-12-25-24(30)32-16-21-19-9-4-2-7-17(19)18-8-3-5-10-20(18)21/h2-11,21H,12-16H2,1H3,(H,25,30)(H,28,29)/b11-6+. The molecular weight excluding hydrogens is 412 g/mol. The molecule has 0 aliphatic heterocycles. The van der Waals surface area contributed by atoms with Gasteiger partial charge in [-0.1, -0.05) is 54.6 Å². The molecule has 32 heavy (non-hydrogen) atoms. The van der Waals surface area contributed by atoms with Crippen molar-refractivity contribution in [3.63, 3.8) is 0 Å². The average Bonchev–Trinajstić information content (AvgIpc) is 3.11. The molecule has 8 nitrogen and oxygen atoms in total. The van der Waals surface area contributed by atoms with Crippen molar-refractivity contribution in [1.82, 2.24) is 10.2 Å². The minimum Gasteiger partial charge on any atom is -0.480 e. The molecule has 0 atom stereocenters. The summed E-state index contributed by atoms with van der Waals surface area (Å²) >= 11 is 0. The van der Waals surface area contributed by atoms with Crippen LogP contribution in [0.15, 0.2) is 60.7 Å². The van der Waals surface area contributed by atoms with Crippen LogP contribution in [0.3, 0.4) is 0 Å². The predicted molar refractivity (Wildman–Crippen MR) is 118 cm³/mol. The minimum atomic E-state index is -1.11. The molecule has 168 valence electrons. The van der Waals surface area contributed by atoms with E-state index < -0.39 is 24.5 Å². The lowest BCUT2D eigenvalue weighted by Crippen LogP contribution is -2.37. The van der Waals surface area contributed by atoms with Gasteiger partial charge in [0.25, 0.3) is 0 Å². The Hall–Kier alpha value is -3.65. The van der Waals surface area contributed by atoms with Crippen molar-refractivity contribution in [2.75, 3.05) is 40.0 Å². The number of nitrogens with one attached hydrogen (secondary N) is 1. The third-order valence-corrected chi connectivity index (χ3v) is 5.17. The number of methoxy groups -OCH3 is 1. The van der Waals surface area contributed by atoms with Crippen LogP contribution in [0.25, 0.3) is 11.1 Å². The van der Waals surface area contributed by atoms with Crippen molar-refractivity contribution in [1.29, 1.82) is 0 Å². The third kappa shape index (κ3) is 5.73. The van der Waals surface area contributed by atoms with Gasteiger partial charge in [0.2, 0.25) is 5.91 Å². The third-order valence-electron chi connectivity index (χ3n) is 5.17. The highest BCUT2D eigenvalue weighted by molar-refractivity contribution is 5.90. The molecule has 1 aliphatic rings. The van der Waals surface area contributed by atoms with Gasteiger partial charge in [0.15, 0.2) is 0 Å². The molecule has 0 saturated carbocycles. The SMILES string of the molecule is COCCN(CC(=O)O)C(=O)/C=C/CNC(=O)OCC1c2ccccc2-c2ccccc21. The molecule has 1 aliphatic carbocycles. The van der Waals surface area contributed by atoms with Gasteiger partial charge in [0, 0.05) is 32.2 Å². The highest BCUT2D eigenvalue weighted by Gasteiger charge is 2.28. The van der Waals surface area contributed by atoms with E-state index in [2.05, 4.69) is 17.4 Å². The lowest BCUT2D eigenvalue weighted by atomic mass is 9.98. The number of rotatable bonds is 10. The summed E-state index contributed by atoms with van der Waals surface area (Å²) in [5.41, 5.74) is 4.55. The second-order valence-corrected chi connectivity index (χ2v) is 7.26. The molecule has 2 aromatic carbocycles. The lowest BCUT2D eigenvalue weighted by Gasteiger charge is -2.18. The number of carboxylic acid groups (broad SMARTS) is 1. The number of alkyl carbamates (subject to hydrolysis) is 1. The molecule has 0 bridgehead atoms. The second-order valence-electron chi connectivity index (χ2n) is 7.26. The number of hydrogen-bond donors (Lipinski definition) is 2. The van der Waals surface area contributed by atoms with Crippen molar-refractivity contribution in [2.45, 2.75) is 5.92 Å². The van der Waals surface area contributed by atoms with Gasteiger partial charge in [0.1, 0.15) is 13.2 Å². The Morgan fingerprint density at radius 3 is 2.28 bits per heavy atom. The monoisotopic (exact) mass is 438 g/mol. The summed E-state index contributed by atoms with van der Waals surface area (Å²) in [7, 11) is 1.47. The molecule has 8 heteroatoms. The van der Waals surface area contributed by atoms with Gasteiger partial charge < -0.3 is 24.8 Å². The van der Waals surface area contributed by atoms with Crippen molar-refractivity contribution >= 4 is 18.0 Å². The maximum Gasteiger partial charge on any atom is 0.407 e. The van der Waals surface area contributed by atoms with Crippen LogP contribution in [0.2, 0.25) is 0 Å². The number of hydrogen-bond acceptors (Lipinski definition) is 5. The Kier molecular flexibility index (Phi) is 7.99. The van der Waals surface area contributed by atoms with Crippen LogP contribution in [0, 0.1) is 0 Å². The number of benzene rings is 2. The van der Waals surface area contributed by atoms with Crippen molar-refractivity contribution in [2.24, 2.45) is 0 Å². The van der Waals surface area contributed by atoms with Gasteiger partial charge >= 0.3 is 12.1 Å². The molecule has 3 rings (SSSR count). The van der Waals surface area contributed by atoms with E-state index in [0.29, 0.717) is 0 Å². The van der Waals surface area contributed by atoms with Gasteiger partial charge in [0.05, 0.1) is 6.61 Å². The van der Waals surface area contributed by atoms with Crippen LogP contribution in [0.4, 0.5) is 4.79 Å². The first-order valence-electron chi connectivity index (χ1n) is 10.3. The topological polar surface area (TPSA) is 105 Å². The number of amides is 2.